The van der Waals surface area contributed by atoms with E-state index in [1.165, 1.54) is 6.92 Å². The van der Waals surface area contributed by atoms with E-state index in [0.29, 0.717) is 0 Å². The Hall–Kier alpha value is -0.780. The van der Waals surface area contributed by atoms with Gasteiger partial charge in [-0.15, -0.1) is 0 Å². The second kappa shape index (κ2) is 5.19. The Morgan fingerprint density at radius 3 is 2.29 bits per heavy atom. The van der Waals surface area contributed by atoms with Crippen LogP contribution in [0.5, 0.6) is 0 Å². The van der Waals surface area contributed by atoms with Gasteiger partial charge in [0.2, 0.25) is 0 Å². The summed E-state index contributed by atoms with van der Waals surface area (Å²) in [4.78, 5) is 12.0. The predicted octanol–water partition coefficient (Wildman–Crippen LogP) is 1.43. The maximum atomic E-state index is 12.0. The fourth-order valence-electron chi connectivity index (χ4n) is 1.07. The number of hydrogen-bond acceptors (Lipinski definition) is 3. The fraction of sp³-hybridized carbons (Fsp3) is 0.875. The lowest BCUT2D eigenvalue weighted by atomic mass is 10.3. The van der Waals surface area contributed by atoms with Gasteiger partial charge in [-0.3, -0.25) is 9.69 Å². The normalized spacial score (nSPS) is 14.2. The first kappa shape index (κ1) is 13.2. The molecular formula is C8H14F3NO2. The van der Waals surface area contributed by atoms with Crippen LogP contribution in [0.15, 0.2) is 0 Å². The van der Waals surface area contributed by atoms with Gasteiger partial charge in [-0.1, -0.05) is 6.92 Å². The summed E-state index contributed by atoms with van der Waals surface area (Å²) in [5.41, 5.74) is 0. The second-order valence-corrected chi connectivity index (χ2v) is 2.88. The molecule has 0 rings (SSSR count). The number of halogens is 3. The van der Waals surface area contributed by atoms with Crippen LogP contribution in [0.1, 0.15) is 13.8 Å². The van der Waals surface area contributed by atoms with E-state index in [1.54, 1.807) is 6.92 Å². The Kier molecular flexibility index (Phi) is 4.90. The number of nitrogens with zero attached hydrogens (tertiary/aromatic N) is 1. The summed E-state index contributed by atoms with van der Waals surface area (Å²) >= 11 is 0. The number of alkyl halides is 3. The second-order valence-electron chi connectivity index (χ2n) is 2.88. The quantitative estimate of drug-likeness (QED) is 0.662. The zero-order chi connectivity index (χ0) is 11.4. The van der Waals surface area contributed by atoms with Gasteiger partial charge in [-0.2, -0.15) is 13.2 Å². The van der Waals surface area contributed by atoms with Crippen molar-refractivity contribution in [3.05, 3.63) is 0 Å². The molecule has 0 aromatic carbocycles. The Morgan fingerprint density at radius 2 is 2.00 bits per heavy atom. The van der Waals surface area contributed by atoms with Crippen molar-refractivity contribution in [2.45, 2.75) is 26.1 Å². The van der Waals surface area contributed by atoms with Crippen LogP contribution in [0.3, 0.4) is 0 Å². The minimum atomic E-state index is -4.29. The first-order chi connectivity index (χ1) is 6.31. The summed E-state index contributed by atoms with van der Waals surface area (Å²) in [7, 11) is 1.15. The molecular weight excluding hydrogens is 199 g/mol. The van der Waals surface area contributed by atoms with Crippen molar-refractivity contribution in [3.8, 4) is 0 Å². The lowest BCUT2D eigenvalue weighted by Gasteiger charge is -2.26. The van der Waals surface area contributed by atoms with Crippen molar-refractivity contribution in [2.75, 3.05) is 20.2 Å². The molecule has 0 bridgehead atoms. The molecule has 14 heavy (non-hydrogen) atoms. The monoisotopic (exact) mass is 213 g/mol. The number of ether oxygens (including phenoxy) is 1. The van der Waals surface area contributed by atoms with E-state index in [4.69, 9.17) is 0 Å². The van der Waals surface area contributed by atoms with Gasteiger partial charge in [0.05, 0.1) is 13.7 Å². The molecule has 0 aliphatic rings. The van der Waals surface area contributed by atoms with E-state index >= 15 is 0 Å². The molecule has 0 aromatic heterocycles. The van der Waals surface area contributed by atoms with Crippen LogP contribution in [-0.4, -0.2) is 43.3 Å². The van der Waals surface area contributed by atoms with Crippen molar-refractivity contribution >= 4 is 5.97 Å². The van der Waals surface area contributed by atoms with Crippen LogP contribution in [-0.2, 0) is 9.53 Å². The molecule has 1 atom stereocenters. The largest absolute Gasteiger partial charge is 0.468 e. The highest BCUT2D eigenvalue weighted by molar-refractivity contribution is 5.75. The highest BCUT2D eigenvalue weighted by Crippen LogP contribution is 2.17. The lowest BCUT2D eigenvalue weighted by Crippen LogP contribution is -2.44. The number of methoxy groups -OCH3 is 1. The highest BCUT2D eigenvalue weighted by Gasteiger charge is 2.34. The Morgan fingerprint density at radius 1 is 1.50 bits per heavy atom. The molecule has 0 N–H and O–H groups in total. The molecule has 0 aliphatic carbocycles. The van der Waals surface area contributed by atoms with Gasteiger partial charge >= 0.3 is 12.1 Å². The van der Waals surface area contributed by atoms with Crippen LogP contribution >= 0.6 is 0 Å². The molecule has 0 radical (unpaired) electrons. The Bertz CT molecular complexity index is 194. The summed E-state index contributed by atoms with van der Waals surface area (Å²) in [5.74, 6) is -0.656. The SMILES string of the molecule is CCN(CC(F)(F)F)C(C)C(=O)OC. The third-order valence-corrected chi connectivity index (χ3v) is 1.88. The molecule has 0 amide bonds. The molecule has 6 heteroatoms. The van der Waals surface area contributed by atoms with Gasteiger partial charge in [0, 0.05) is 0 Å². The minimum absolute atomic E-state index is 0.149. The standard InChI is InChI=1S/C8H14F3NO2/c1-4-12(5-8(9,10)11)6(2)7(13)14-3/h6H,4-5H2,1-3H3. The van der Waals surface area contributed by atoms with E-state index in [-0.39, 0.29) is 6.54 Å². The van der Waals surface area contributed by atoms with Gasteiger partial charge < -0.3 is 4.74 Å². The zero-order valence-corrected chi connectivity index (χ0v) is 8.39. The molecule has 0 saturated carbocycles. The van der Waals surface area contributed by atoms with Crippen molar-refractivity contribution in [1.29, 1.82) is 0 Å². The maximum Gasteiger partial charge on any atom is 0.401 e. The summed E-state index contributed by atoms with van der Waals surface area (Å²) in [6, 6.07) is -0.869. The third-order valence-electron chi connectivity index (χ3n) is 1.88. The number of esters is 1. The van der Waals surface area contributed by atoms with E-state index in [0.717, 1.165) is 12.0 Å². The van der Waals surface area contributed by atoms with Gasteiger partial charge in [0.25, 0.3) is 0 Å². The first-order valence-electron chi connectivity index (χ1n) is 4.20. The molecule has 84 valence electrons. The molecule has 0 aliphatic heterocycles. The van der Waals surface area contributed by atoms with Gasteiger partial charge in [0.1, 0.15) is 6.04 Å². The zero-order valence-electron chi connectivity index (χ0n) is 8.39. The molecule has 0 spiro atoms. The summed E-state index contributed by atoms with van der Waals surface area (Å²) in [6.07, 6.45) is -4.29. The van der Waals surface area contributed by atoms with Gasteiger partial charge in [0.15, 0.2) is 0 Å². The minimum Gasteiger partial charge on any atom is -0.468 e. The van der Waals surface area contributed by atoms with Crippen LogP contribution in [0.2, 0.25) is 0 Å². The van der Waals surface area contributed by atoms with Crippen molar-refractivity contribution in [1.82, 2.24) is 4.90 Å². The topological polar surface area (TPSA) is 29.5 Å². The molecule has 0 fully saturated rings. The Labute approximate surface area is 80.8 Å². The maximum absolute atomic E-state index is 12.0. The average Bonchev–Trinajstić information content (AvgIpc) is 2.10. The first-order valence-corrected chi connectivity index (χ1v) is 4.20. The smallest absolute Gasteiger partial charge is 0.401 e. The molecule has 0 aromatic rings. The Balaban J connectivity index is 4.33. The molecule has 0 heterocycles. The third kappa shape index (κ3) is 4.45. The van der Waals surface area contributed by atoms with Crippen LogP contribution in [0, 0.1) is 0 Å². The summed E-state index contributed by atoms with van der Waals surface area (Å²) in [5, 5.41) is 0. The van der Waals surface area contributed by atoms with E-state index in [9.17, 15) is 18.0 Å². The number of likely N-dealkylation sites (N-methyl/N-ethyl adjacent to an activating group) is 1. The van der Waals surface area contributed by atoms with E-state index in [1.807, 2.05) is 0 Å². The van der Waals surface area contributed by atoms with Crippen LogP contribution < -0.4 is 0 Å². The van der Waals surface area contributed by atoms with Crippen LogP contribution in [0.4, 0.5) is 13.2 Å². The van der Waals surface area contributed by atoms with Gasteiger partial charge in [-0.05, 0) is 13.5 Å². The lowest BCUT2D eigenvalue weighted by molar-refractivity contribution is -0.162. The molecule has 0 saturated heterocycles. The highest BCUT2D eigenvalue weighted by atomic mass is 19.4. The van der Waals surface area contributed by atoms with E-state index < -0.39 is 24.7 Å². The van der Waals surface area contributed by atoms with Crippen LogP contribution in [0.25, 0.3) is 0 Å². The fourth-order valence-corrected chi connectivity index (χ4v) is 1.07. The number of rotatable bonds is 4. The van der Waals surface area contributed by atoms with E-state index in [2.05, 4.69) is 4.74 Å². The molecule has 1 unspecified atom stereocenters. The summed E-state index contributed by atoms with van der Waals surface area (Å²) < 4.78 is 40.4. The van der Waals surface area contributed by atoms with Gasteiger partial charge in [-0.25, -0.2) is 0 Å². The average molecular weight is 213 g/mol. The number of hydrogen-bond donors (Lipinski definition) is 0. The van der Waals surface area contributed by atoms with Crippen molar-refractivity contribution in [3.63, 3.8) is 0 Å². The number of carbonyl (C=O) groups is 1. The van der Waals surface area contributed by atoms with Crippen molar-refractivity contribution < 1.29 is 22.7 Å². The summed E-state index contributed by atoms with van der Waals surface area (Å²) in [6.45, 7) is 2.00. The predicted molar refractivity (Wildman–Crippen MR) is 44.8 cm³/mol. The van der Waals surface area contributed by atoms with Crippen molar-refractivity contribution in [2.24, 2.45) is 0 Å². The number of carbonyl (C=O) groups excluding carboxylic acids is 1. The molecule has 3 nitrogen and oxygen atoms in total.